The summed E-state index contributed by atoms with van der Waals surface area (Å²) >= 11 is 0. The zero-order chi connectivity index (χ0) is 19.6. The van der Waals surface area contributed by atoms with Crippen LogP contribution in [0, 0.1) is 5.82 Å². The molecule has 3 aromatic carbocycles. The minimum absolute atomic E-state index is 0.173. The number of benzene rings is 3. The van der Waals surface area contributed by atoms with E-state index in [1.165, 1.54) is 17.0 Å². The van der Waals surface area contributed by atoms with Gasteiger partial charge in [0.05, 0.1) is 6.54 Å². The van der Waals surface area contributed by atoms with Gasteiger partial charge in [0.2, 0.25) is 6.79 Å². The van der Waals surface area contributed by atoms with Gasteiger partial charge in [-0.2, -0.15) is 0 Å². The van der Waals surface area contributed by atoms with E-state index in [4.69, 9.17) is 9.47 Å². The first-order valence-corrected chi connectivity index (χ1v) is 9.67. The number of rotatable bonds is 6. The number of hydrogen-bond acceptors (Lipinski definition) is 3. The monoisotopic (exact) mass is 388 g/mol. The van der Waals surface area contributed by atoms with Crippen molar-refractivity contribution in [2.75, 3.05) is 6.79 Å². The lowest BCUT2D eigenvalue weighted by Crippen LogP contribution is -2.12. The summed E-state index contributed by atoms with van der Waals surface area (Å²) < 4.78 is 27.0. The fourth-order valence-corrected chi connectivity index (χ4v) is 3.80. The lowest BCUT2D eigenvalue weighted by molar-refractivity contribution is 0.174. The first kappa shape index (κ1) is 17.8. The predicted molar refractivity (Wildman–Crippen MR) is 111 cm³/mol. The molecule has 29 heavy (non-hydrogen) atoms. The highest BCUT2D eigenvalue weighted by Gasteiger charge is 2.13. The van der Waals surface area contributed by atoms with Crippen molar-refractivity contribution in [3.05, 3.63) is 95.4 Å². The van der Waals surface area contributed by atoms with Gasteiger partial charge in [-0.3, -0.25) is 0 Å². The second-order valence-corrected chi connectivity index (χ2v) is 7.18. The van der Waals surface area contributed by atoms with E-state index in [1.807, 2.05) is 42.5 Å². The zero-order valence-corrected chi connectivity index (χ0v) is 15.9. The molecule has 0 spiro atoms. The van der Waals surface area contributed by atoms with Crippen molar-refractivity contribution in [3.63, 3.8) is 0 Å². The molecule has 0 aliphatic carbocycles. The summed E-state index contributed by atoms with van der Waals surface area (Å²) in [5.41, 5.74) is 4.13. The molecule has 1 aliphatic heterocycles. The molecular formula is C24H21FN2O2. The summed E-state index contributed by atoms with van der Waals surface area (Å²) in [6, 6.07) is 21.2. The summed E-state index contributed by atoms with van der Waals surface area (Å²) in [4.78, 5) is 0. The van der Waals surface area contributed by atoms with Gasteiger partial charge in [0.1, 0.15) is 5.82 Å². The van der Waals surface area contributed by atoms with Gasteiger partial charge >= 0.3 is 0 Å². The van der Waals surface area contributed by atoms with Gasteiger partial charge in [-0.25, -0.2) is 4.39 Å². The Kier molecular flexibility index (Phi) is 4.66. The number of nitrogens with one attached hydrogen (secondary N) is 1. The maximum absolute atomic E-state index is 14.1. The van der Waals surface area contributed by atoms with Crippen molar-refractivity contribution in [1.82, 2.24) is 9.88 Å². The van der Waals surface area contributed by atoms with Crippen molar-refractivity contribution in [3.8, 4) is 11.5 Å². The maximum Gasteiger partial charge on any atom is 0.231 e. The number of para-hydroxylation sites is 1. The van der Waals surface area contributed by atoms with Crippen molar-refractivity contribution < 1.29 is 13.9 Å². The van der Waals surface area contributed by atoms with E-state index >= 15 is 0 Å². The molecule has 146 valence electrons. The van der Waals surface area contributed by atoms with Crippen LogP contribution in [0.3, 0.4) is 0 Å². The van der Waals surface area contributed by atoms with Gasteiger partial charge in [0, 0.05) is 35.8 Å². The van der Waals surface area contributed by atoms with E-state index in [2.05, 4.69) is 28.2 Å². The van der Waals surface area contributed by atoms with Gasteiger partial charge in [-0.05, 0) is 35.4 Å². The molecule has 0 saturated heterocycles. The predicted octanol–water partition coefficient (Wildman–Crippen LogP) is 4.85. The quantitative estimate of drug-likeness (QED) is 0.513. The number of halogens is 1. The Labute approximate surface area is 168 Å². The van der Waals surface area contributed by atoms with E-state index in [1.54, 1.807) is 6.07 Å². The first-order chi connectivity index (χ1) is 14.3. The molecule has 0 atom stereocenters. The van der Waals surface area contributed by atoms with Gasteiger partial charge < -0.3 is 19.4 Å². The average molecular weight is 388 g/mol. The van der Waals surface area contributed by atoms with E-state index in [0.29, 0.717) is 12.1 Å². The highest BCUT2D eigenvalue weighted by molar-refractivity contribution is 5.84. The molecule has 0 saturated carbocycles. The topological polar surface area (TPSA) is 35.4 Å². The minimum Gasteiger partial charge on any atom is -0.454 e. The summed E-state index contributed by atoms with van der Waals surface area (Å²) in [5.74, 6) is 1.42. The molecule has 0 unspecified atom stereocenters. The third kappa shape index (κ3) is 3.57. The normalized spacial score (nSPS) is 12.6. The Bertz CT molecular complexity index is 1170. The van der Waals surface area contributed by atoms with E-state index in [-0.39, 0.29) is 12.6 Å². The highest BCUT2D eigenvalue weighted by Crippen LogP contribution is 2.32. The van der Waals surface area contributed by atoms with Crippen LogP contribution < -0.4 is 14.8 Å². The number of fused-ring (bicyclic) bond motifs is 2. The Hall–Kier alpha value is -3.31. The van der Waals surface area contributed by atoms with E-state index < -0.39 is 0 Å². The third-order valence-electron chi connectivity index (χ3n) is 5.25. The van der Waals surface area contributed by atoms with E-state index in [9.17, 15) is 4.39 Å². The molecule has 0 radical (unpaired) electrons. The molecule has 0 bridgehead atoms. The Morgan fingerprint density at radius 3 is 2.62 bits per heavy atom. The second-order valence-electron chi connectivity index (χ2n) is 7.18. The standard InChI is InChI=1S/C24H21FN2O2/c25-21-7-3-1-5-18(21)14-27-15-19(20-6-2-4-8-22(20)27)13-26-12-17-9-10-23-24(11-17)29-16-28-23/h1-11,15,26H,12-14,16H2. The SMILES string of the molecule is Fc1ccccc1Cn1cc(CNCc2ccc3c(c2)OCO3)c2ccccc21. The molecule has 4 aromatic rings. The Morgan fingerprint density at radius 1 is 0.862 bits per heavy atom. The number of ether oxygens (including phenoxy) is 2. The average Bonchev–Trinajstić information content (AvgIpc) is 3.35. The fourth-order valence-electron chi connectivity index (χ4n) is 3.80. The zero-order valence-electron chi connectivity index (χ0n) is 15.9. The van der Waals surface area contributed by atoms with Crippen molar-refractivity contribution >= 4 is 10.9 Å². The van der Waals surface area contributed by atoms with Crippen LogP contribution in [0.4, 0.5) is 4.39 Å². The minimum atomic E-state index is -0.173. The molecule has 1 N–H and O–H groups in total. The largest absolute Gasteiger partial charge is 0.454 e. The van der Waals surface area contributed by atoms with Gasteiger partial charge in [0.15, 0.2) is 11.5 Å². The van der Waals surface area contributed by atoms with Crippen LogP contribution in [0.15, 0.2) is 72.9 Å². The second kappa shape index (κ2) is 7.60. The molecule has 0 fully saturated rings. The van der Waals surface area contributed by atoms with Crippen molar-refractivity contribution in [1.29, 1.82) is 0 Å². The lowest BCUT2D eigenvalue weighted by atomic mass is 10.1. The van der Waals surface area contributed by atoms with E-state index in [0.717, 1.165) is 35.7 Å². The number of hydrogen-bond donors (Lipinski definition) is 1. The van der Waals surface area contributed by atoms with Crippen LogP contribution in [0.5, 0.6) is 11.5 Å². The van der Waals surface area contributed by atoms with Gasteiger partial charge in [0.25, 0.3) is 0 Å². The van der Waals surface area contributed by atoms with Gasteiger partial charge in [-0.15, -0.1) is 0 Å². The summed E-state index contributed by atoms with van der Waals surface area (Å²) in [6.45, 7) is 2.24. The molecule has 2 heterocycles. The van der Waals surface area contributed by atoms with Crippen LogP contribution in [0.25, 0.3) is 10.9 Å². The molecular weight excluding hydrogens is 367 g/mol. The third-order valence-corrected chi connectivity index (χ3v) is 5.25. The van der Waals surface area contributed by atoms with Crippen LogP contribution >= 0.6 is 0 Å². The number of nitrogens with zero attached hydrogens (tertiary/aromatic N) is 1. The summed E-state index contributed by atoms with van der Waals surface area (Å²) in [5, 5.41) is 4.69. The maximum atomic E-state index is 14.1. The summed E-state index contributed by atoms with van der Waals surface area (Å²) in [7, 11) is 0. The highest BCUT2D eigenvalue weighted by atomic mass is 19.1. The van der Waals surface area contributed by atoms with Crippen LogP contribution in [-0.4, -0.2) is 11.4 Å². The van der Waals surface area contributed by atoms with Crippen LogP contribution in [0.1, 0.15) is 16.7 Å². The molecule has 0 amide bonds. The van der Waals surface area contributed by atoms with Crippen molar-refractivity contribution in [2.24, 2.45) is 0 Å². The molecule has 1 aliphatic rings. The Morgan fingerprint density at radius 2 is 1.69 bits per heavy atom. The smallest absolute Gasteiger partial charge is 0.231 e. The number of aromatic nitrogens is 1. The van der Waals surface area contributed by atoms with Crippen molar-refractivity contribution in [2.45, 2.75) is 19.6 Å². The van der Waals surface area contributed by atoms with Gasteiger partial charge in [-0.1, -0.05) is 42.5 Å². The lowest BCUT2D eigenvalue weighted by Gasteiger charge is -2.06. The summed E-state index contributed by atoms with van der Waals surface area (Å²) in [6.07, 6.45) is 2.11. The fraction of sp³-hybridized carbons (Fsp3) is 0.167. The molecule has 5 rings (SSSR count). The molecule has 4 nitrogen and oxygen atoms in total. The first-order valence-electron chi connectivity index (χ1n) is 9.67. The Balaban J connectivity index is 1.34. The van der Waals surface area contributed by atoms with Crippen LogP contribution in [0.2, 0.25) is 0 Å². The molecule has 1 aromatic heterocycles. The van der Waals surface area contributed by atoms with Crippen LogP contribution in [-0.2, 0) is 19.6 Å². The molecule has 5 heteroatoms.